The van der Waals surface area contributed by atoms with Crippen LogP contribution in [0, 0.1) is 0 Å². The fourth-order valence-corrected chi connectivity index (χ4v) is 1.45. The predicted octanol–water partition coefficient (Wildman–Crippen LogP) is 1.98. The summed E-state index contributed by atoms with van der Waals surface area (Å²) in [4.78, 5) is 0.800. The van der Waals surface area contributed by atoms with Crippen LogP contribution >= 0.6 is 11.3 Å². The van der Waals surface area contributed by atoms with Crippen LogP contribution in [-0.4, -0.2) is 13.6 Å². The molecule has 1 rings (SSSR count). The predicted molar refractivity (Wildman–Crippen MR) is 42.1 cm³/mol. The van der Waals surface area contributed by atoms with Gasteiger partial charge >= 0.3 is 0 Å². The quantitative estimate of drug-likeness (QED) is 0.711. The van der Waals surface area contributed by atoms with Crippen LogP contribution < -0.4 is 5.32 Å². The van der Waals surface area contributed by atoms with Crippen molar-refractivity contribution in [2.24, 2.45) is 0 Å². The largest absolute Gasteiger partial charge is 0.316 e. The van der Waals surface area contributed by atoms with Crippen molar-refractivity contribution in [1.29, 1.82) is 0 Å². The fraction of sp³-hybridized carbons (Fsp3) is 0.429. The van der Waals surface area contributed by atoms with Crippen LogP contribution in [0.5, 0.6) is 0 Å². The maximum atomic E-state index is 12.9. The van der Waals surface area contributed by atoms with Crippen LogP contribution in [0.15, 0.2) is 17.5 Å². The molecule has 1 nitrogen and oxygen atoms in total. The second-order valence-corrected chi connectivity index (χ2v) is 3.02. The topological polar surface area (TPSA) is 12.0 Å². The Morgan fingerprint density at radius 2 is 2.60 bits per heavy atom. The van der Waals surface area contributed by atoms with Gasteiger partial charge in [-0.15, -0.1) is 11.3 Å². The lowest BCUT2D eigenvalue weighted by Gasteiger charge is -2.02. The average Bonchev–Trinajstić information content (AvgIpc) is 2.38. The molecule has 1 aromatic rings. The molecule has 0 amide bonds. The molecule has 0 radical (unpaired) electrons. The van der Waals surface area contributed by atoms with Crippen LogP contribution in [0.2, 0.25) is 0 Å². The normalized spacial score (nSPS) is 13.4. The number of likely N-dealkylation sites (N-methyl/N-ethyl adjacent to an activating group) is 1. The van der Waals surface area contributed by atoms with Crippen molar-refractivity contribution >= 4 is 11.3 Å². The van der Waals surface area contributed by atoms with E-state index in [2.05, 4.69) is 5.32 Å². The zero-order valence-corrected chi connectivity index (χ0v) is 6.62. The standard InChI is InChI=1S/C7H10FNS/c1-9-5-6(8)7-3-2-4-10-7/h2-4,6,9H,5H2,1H3. The Morgan fingerprint density at radius 3 is 3.10 bits per heavy atom. The highest BCUT2D eigenvalue weighted by atomic mass is 32.1. The van der Waals surface area contributed by atoms with E-state index in [0.29, 0.717) is 6.54 Å². The minimum atomic E-state index is -0.843. The fourth-order valence-electron chi connectivity index (χ4n) is 0.749. The zero-order chi connectivity index (χ0) is 7.40. The van der Waals surface area contributed by atoms with Gasteiger partial charge in [-0.3, -0.25) is 0 Å². The molecule has 56 valence electrons. The first-order valence-corrected chi connectivity index (χ1v) is 4.04. The lowest BCUT2D eigenvalue weighted by atomic mass is 10.3. The Bertz CT molecular complexity index is 174. The molecule has 1 heterocycles. The van der Waals surface area contributed by atoms with Crippen molar-refractivity contribution in [2.45, 2.75) is 6.17 Å². The van der Waals surface area contributed by atoms with E-state index < -0.39 is 6.17 Å². The molecule has 10 heavy (non-hydrogen) atoms. The molecule has 1 aromatic heterocycles. The van der Waals surface area contributed by atoms with E-state index in [1.54, 1.807) is 7.05 Å². The number of thiophene rings is 1. The van der Waals surface area contributed by atoms with E-state index in [1.807, 2.05) is 17.5 Å². The van der Waals surface area contributed by atoms with Gasteiger partial charge in [-0.25, -0.2) is 4.39 Å². The summed E-state index contributed by atoms with van der Waals surface area (Å²) in [5, 5.41) is 4.67. The third-order valence-electron chi connectivity index (χ3n) is 1.24. The van der Waals surface area contributed by atoms with Gasteiger partial charge in [0.1, 0.15) is 6.17 Å². The Morgan fingerprint density at radius 1 is 1.80 bits per heavy atom. The average molecular weight is 159 g/mol. The molecule has 3 heteroatoms. The highest BCUT2D eigenvalue weighted by molar-refractivity contribution is 7.10. The highest BCUT2D eigenvalue weighted by Crippen LogP contribution is 2.20. The molecule has 0 spiro atoms. The summed E-state index contributed by atoms with van der Waals surface area (Å²) in [5.74, 6) is 0. The Hall–Kier alpha value is -0.410. The molecule has 1 unspecified atom stereocenters. The number of alkyl halides is 1. The Kier molecular flexibility index (Phi) is 2.83. The molecule has 1 N–H and O–H groups in total. The van der Waals surface area contributed by atoms with Crippen LogP contribution in [0.25, 0.3) is 0 Å². The molecule has 0 aliphatic heterocycles. The molecule has 0 aromatic carbocycles. The van der Waals surface area contributed by atoms with Gasteiger partial charge in [0.2, 0.25) is 0 Å². The Balaban J connectivity index is 2.50. The molecular weight excluding hydrogens is 149 g/mol. The minimum Gasteiger partial charge on any atom is -0.316 e. The van der Waals surface area contributed by atoms with Gasteiger partial charge in [0, 0.05) is 11.4 Å². The summed E-state index contributed by atoms with van der Waals surface area (Å²) >= 11 is 1.46. The van der Waals surface area contributed by atoms with Crippen molar-refractivity contribution in [3.63, 3.8) is 0 Å². The van der Waals surface area contributed by atoms with Crippen LogP contribution in [0.1, 0.15) is 11.0 Å². The minimum absolute atomic E-state index is 0.403. The van der Waals surface area contributed by atoms with Crippen molar-refractivity contribution in [2.75, 3.05) is 13.6 Å². The van der Waals surface area contributed by atoms with Gasteiger partial charge < -0.3 is 5.32 Å². The maximum absolute atomic E-state index is 12.9. The molecule has 0 bridgehead atoms. The second kappa shape index (κ2) is 3.68. The van der Waals surface area contributed by atoms with E-state index in [9.17, 15) is 4.39 Å². The monoisotopic (exact) mass is 159 g/mol. The number of halogens is 1. The second-order valence-electron chi connectivity index (χ2n) is 2.04. The highest BCUT2D eigenvalue weighted by Gasteiger charge is 2.07. The van der Waals surface area contributed by atoms with E-state index in [4.69, 9.17) is 0 Å². The molecule has 0 fully saturated rings. The first kappa shape index (κ1) is 7.69. The number of nitrogens with one attached hydrogen (secondary N) is 1. The summed E-state index contributed by atoms with van der Waals surface area (Å²) in [6.07, 6.45) is -0.843. The van der Waals surface area contributed by atoms with Crippen LogP contribution in [0.4, 0.5) is 4.39 Å². The molecule has 0 saturated carbocycles. The van der Waals surface area contributed by atoms with E-state index >= 15 is 0 Å². The lowest BCUT2D eigenvalue weighted by Crippen LogP contribution is -2.12. The van der Waals surface area contributed by atoms with Crippen molar-refractivity contribution in [3.8, 4) is 0 Å². The smallest absolute Gasteiger partial charge is 0.147 e. The molecule has 0 aliphatic carbocycles. The number of hydrogen-bond donors (Lipinski definition) is 1. The summed E-state index contributed by atoms with van der Waals surface area (Å²) in [5.41, 5.74) is 0. The third kappa shape index (κ3) is 1.78. The number of hydrogen-bond acceptors (Lipinski definition) is 2. The summed E-state index contributed by atoms with van der Waals surface area (Å²) in [6, 6.07) is 3.68. The first-order valence-electron chi connectivity index (χ1n) is 3.16. The third-order valence-corrected chi connectivity index (χ3v) is 2.19. The van der Waals surface area contributed by atoms with Crippen molar-refractivity contribution < 1.29 is 4.39 Å². The van der Waals surface area contributed by atoms with E-state index in [-0.39, 0.29) is 0 Å². The summed E-state index contributed by atoms with van der Waals surface area (Å²) in [7, 11) is 1.75. The van der Waals surface area contributed by atoms with E-state index in [0.717, 1.165) is 4.88 Å². The molecule has 1 atom stereocenters. The van der Waals surface area contributed by atoms with Crippen LogP contribution in [0.3, 0.4) is 0 Å². The lowest BCUT2D eigenvalue weighted by molar-refractivity contribution is 0.341. The maximum Gasteiger partial charge on any atom is 0.147 e. The van der Waals surface area contributed by atoms with Gasteiger partial charge in [0.25, 0.3) is 0 Å². The molecular formula is C7H10FNS. The van der Waals surface area contributed by atoms with Gasteiger partial charge in [-0.1, -0.05) is 6.07 Å². The van der Waals surface area contributed by atoms with Gasteiger partial charge in [0.05, 0.1) is 0 Å². The number of rotatable bonds is 3. The zero-order valence-electron chi connectivity index (χ0n) is 5.80. The summed E-state index contributed by atoms with van der Waals surface area (Å²) in [6.45, 7) is 0.403. The van der Waals surface area contributed by atoms with Crippen LogP contribution in [-0.2, 0) is 0 Å². The molecule has 0 saturated heterocycles. The Labute approximate surface area is 63.9 Å². The van der Waals surface area contributed by atoms with Crippen molar-refractivity contribution in [1.82, 2.24) is 5.32 Å². The van der Waals surface area contributed by atoms with Gasteiger partial charge in [-0.05, 0) is 18.5 Å². The van der Waals surface area contributed by atoms with Crippen molar-refractivity contribution in [3.05, 3.63) is 22.4 Å². The van der Waals surface area contributed by atoms with Gasteiger partial charge in [0.15, 0.2) is 0 Å². The van der Waals surface area contributed by atoms with Gasteiger partial charge in [-0.2, -0.15) is 0 Å². The first-order chi connectivity index (χ1) is 4.84. The SMILES string of the molecule is CNCC(F)c1cccs1. The van der Waals surface area contributed by atoms with E-state index in [1.165, 1.54) is 11.3 Å². The molecule has 0 aliphatic rings. The summed E-state index contributed by atoms with van der Waals surface area (Å²) < 4.78 is 12.9.